The molecule has 12 heteroatoms. The first-order chi connectivity index (χ1) is 11.0. The zero-order chi connectivity index (χ0) is 17.8. The van der Waals surface area contributed by atoms with E-state index in [2.05, 4.69) is 10.2 Å². The van der Waals surface area contributed by atoms with Gasteiger partial charge in [0.2, 0.25) is 16.9 Å². The van der Waals surface area contributed by atoms with Gasteiger partial charge in [0.05, 0.1) is 21.9 Å². The quantitative estimate of drug-likeness (QED) is 0.465. The van der Waals surface area contributed by atoms with Crippen molar-refractivity contribution in [2.75, 3.05) is 4.90 Å². The number of carbonyl (C=O) groups excluding carboxylic acids is 2. The maximum absolute atomic E-state index is 12.9. The molecule has 5 nitrogen and oxygen atoms in total. The van der Waals surface area contributed by atoms with Crippen molar-refractivity contribution < 1.29 is 9.59 Å². The summed E-state index contributed by atoms with van der Waals surface area (Å²) in [4.78, 5) is 23.2. The molecular formula is C12H5Cl6N3O2S. The second-order valence-electron chi connectivity index (χ2n) is 5.70. The van der Waals surface area contributed by atoms with Crippen molar-refractivity contribution >= 4 is 97.9 Å². The minimum Gasteiger partial charge on any atom is -0.274 e. The number of rotatable bonds is 1. The molecule has 1 aromatic rings. The Hall–Kier alpha value is 0.180. The van der Waals surface area contributed by atoms with Crippen molar-refractivity contribution in [1.82, 2.24) is 10.2 Å². The van der Waals surface area contributed by atoms with Crippen LogP contribution in [0.25, 0.3) is 0 Å². The maximum Gasteiger partial charge on any atom is 0.241 e. The second kappa shape index (κ2) is 4.91. The average Bonchev–Trinajstić information content (AvgIpc) is 3.10. The summed E-state index contributed by atoms with van der Waals surface area (Å²) in [5.74, 6) is -3.57. The number of fused-ring (bicyclic) bond motifs is 5. The third kappa shape index (κ3) is 1.59. The Morgan fingerprint density at radius 2 is 1.42 bits per heavy atom. The molecule has 2 bridgehead atoms. The van der Waals surface area contributed by atoms with Gasteiger partial charge in [-0.25, -0.2) is 4.90 Å². The number of aromatic nitrogens is 2. The summed E-state index contributed by atoms with van der Waals surface area (Å²) in [7, 11) is 0. The highest BCUT2D eigenvalue weighted by Crippen LogP contribution is 2.77. The molecule has 4 rings (SSSR count). The summed E-state index contributed by atoms with van der Waals surface area (Å²) in [5.41, 5.74) is 0. The van der Waals surface area contributed by atoms with Crippen LogP contribution in [0.5, 0.6) is 0 Å². The highest BCUT2D eigenvalue weighted by Gasteiger charge is 2.87. The van der Waals surface area contributed by atoms with Crippen LogP contribution in [0.2, 0.25) is 0 Å². The topological polar surface area (TPSA) is 63.2 Å². The van der Waals surface area contributed by atoms with Gasteiger partial charge in [-0.15, -0.1) is 33.4 Å². The van der Waals surface area contributed by atoms with E-state index in [1.807, 2.05) is 0 Å². The average molecular weight is 468 g/mol. The molecule has 2 aliphatic carbocycles. The lowest BCUT2D eigenvalue weighted by Crippen LogP contribution is -2.50. The van der Waals surface area contributed by atoms with Crippen molar-refractivity contribution in [3.8, 4) is 0 Å². The molecule has 128 valence electrons. The lowest BCUT2D eigenvalue weighted by Gasteiger charge is -2.34. The molecular weight excluding hydrogens is 463 g/mol. The van der Waals surface area contributed by atoms with Crippen molar-refractivity contribution in [3.05, 3.63) is 15.1 Å². The standard InChI is InChI=1S/C12H5Cl6N3O2S/c1-2-19-20-9(24-2)21-7(22)3-4(8(21)23)11(16)6(14)5(13)10(3,15)12(11,17)18/h3-4H,1H3/t3-,4-,10+,11+/m0/s1. The van der Waals surface area contributed by atoms with Crippen LogP contribution in [-0.4, -0.2) is 36.1 Å². The molecule has 0 N–H and O–H groups in total. The fourth-order valence-corrected chi connectivity index (χ4v) is 7.19. The molecule has 0 unspecified atom stereocenters. The zero-order valence-corrected chi connectivity index (χ0v) is 16.8. The Morgan fingerprint density at radius 3 is 1.79 bits per heavy atom. The Bertz CT molecular complexity index is 810. The molecule has 24 heavy (non-hydrogen) atoms. The van der Waals surface area contributed by atoms with Gasteiger partial charge in [0, 0.05) is 0 Å². The Kier molecular flexibility index (Phi) is 3.60. The molecule has 1 saturated carbocycles. The first kappa shape index (κ1) is 17.6. The van der Waals surface area contributed by atoms with E-state index >= 15 is 0 Å². The number of aryl methyl sites for hydroxylation is 1. The number of nitrogens with zero attached hydrogens (tertiary/aromatic N) is 3. The number of hydrogen-bond donors (Lipinski definition) is 0. The number of allylic oxidation sites excluding steroid dienone is 2. The molecule has 3 aliphatic rings. The SMILES string of the molecule is Cc1nnc(N2C(=O)[C@@H]3[C@@H](C2=O)[C@@]2(Cl)C(Cl)=C(Cl)[C@@]3(Cl)C2(Cl)Cl)s1. The van der Waals surface area contributed by atoms with Crippen LogP contribution >= 0.6 is 80.9 Å². The van der Waals surface area contributed by atoms with Crippen molar-refractivity contribution in [2.45, 2.75) is 21.0 Å². The summed E-state index contributed by atoms with van der Waals surface area (Å²) in [6.07, 6.45) is 0. The normalized spacial score (nSPS) is 40.0. The van der Waals surface area contributed by atoms with Gasteiger partial charge >= 0.3 is 0 Å². The van der Waals surface area contributed by atoms with Gasteiger partial charge in [0.1, 0.15) is 14.8 Å². The molecule has 0 spiro atoms. The Morgan fingerprint density at radius 1 is 0.958 bits per heavy atom. The first-order valence-electron chi connectivity index (χ1n) is 6.51. The third-order valence-corrected chi connectivity index (χ3v) is 9.70. The van der Waals surface area contributed by atoms with E-state index in [1.165, 1.54) is 0 Å². The third-order valence-electron chi connectivity index (χ3n) is 4.62. The molecule has 1 saturated heterocycles. The lowest BCUT2D eigenvalue weighted by molar-refractivity contribution is -0.123. The zero-order valence-electron chi connectivity index (χ0n) is 11.5. The highest BCUT2D eigenvalue weighted by molar-refractivity contribution is 7.15. The van der Waals surface area contributed by atoms with E-state index < -0.39 is 37.7 Å². The Labute approximate surface area is 169 Å². The summed E-state index contributed by atoms with van der Waals surface area (Å²) in [6.45, 7) is 1.70. The molecule has 0 radical (unpaired) electrons. The number of hydrogen-bond acceptors (Lipinski definition) is 5. The van der Waals surface area contributed by atoms with Crippen LogP contribution in [0.15, 0.2) is 10.1 Å². The molecule has 0 aromatic carbocycles. The summed E-state index contributed by atoms with van der Waals surface area (Å²) in [6, 6.07) is 0. The first-order valence-corrected chi connectivity index (χ1v) is 9.59. The molecule has 1 aliphatic heterocycles. The van der Waals surface area contributed by atoms with Crippen molar-refractivity contribution in [3.63, 3.8) is 0 Å². The predicted molar refractivity (Wildman–Crippen MR) is 94.5 cm³/mol. The predicted octanol–water partition coefficient (Wildman–Crippen LogP) is 3.80. The van der Waals surface area contributed by atoms with Gasteiger partial charge in [-0.2, -0.15) is 0 Å². The van der Waals surface area contributed by atoms with Crippen LogP contribution in [-0.2, 0) is 9.59 Å². The van der Waals surface area contributed by atoms with Gasteiger partial charge in [0.15, 0.2) is 4.33 Å². The van der Waals surface area contributed by atoms with E-state index in [1.54, 1.807) is 6.92 Å². The number of carbonyl (C=O) groups is 2. The second-order valence-corrected chi connectivity index (χ2v) is 10.1. The lowest BCUT2D eigenvalue weighted by atomic mass is 9.84. The van der Waals surface area contributed by atoms with E-state index in [-0.39, 0.29) is 15.2 Å². The van der Waals surface area contributed by atoms with E-state index in [0.29, 0.717) is 5.01 Å². The largest absolute Gasteiger partial charge is 0.274 e. The van der Waals surface area contributed by atoms with Gasteiger partial charge in [-0.05, 0) is 6.92 Å². The fourth-order valence-electron chi connectivity index (χ4n) is 3.56. The number of imide groups is 1. The number of alkyl halides is 4. The van der Waals surface area contributed by atoms with Crippen LogP contribution in [0.3, 0.4) is 0 Å². The van der Waals surface area contributed by atoms with Crippen LogP contribution in [0.1, 0.15) is 5.01 Å². The molecule has 4 atom stereocenters. The minimum absolute atomic E-state index is 0.122. The van der Waals surface area contributed by atoms with E-state index in [4.69, 9.17) is 69.6 Å². The van der Waals surface area contributed by atoms with Crippen LogP contribution < -0.4 is 4.90 Å². The molecule has 2 fully saturated rings. The smallest absolute Gasteiger partial charge is 0.241 e. The summed E-state index contributed by atoms with van der Waals surface area (Å²) in [5, 5.41) is 8.12. The summed E-state index contributed by atoms with van der Waals surface area (Å²) < 4.78 is -1.93. The van der Waals surface area contributed by atoms with Gasteiger partial charge in [-0.3, -0.25) is 9.59 Å². The van der Waals surface area contributed by atoms with Gasteiger partial charge < -0.3 is 0 Å². The highest BCUT2D eigenvalue weighted by atomic mass is 35.5. The van der Waals surface area contributed by atoms with E-state index in [0.717, 1.165) is 16.2 Å². The van der Waals surface area contributed by atoms with Crippen LogP contribution in [0, 0.1) is 18.8 Å². The number of amides is 2. The maximum atomic E-state index is 12.9. The van der Waals surface area contributed by atoms with Crippen LogP contribution in [0.4, 0.5) is 5.13 Å². The molecule has 2 amide bonds. The molecule has 2 heterocycles. The monoisotopic (exact) mass is 465 g/mol. The van der Waals surface area contributed by atoms with Crippen molar-refractivity contribution in [2.24, 2.45) is 11.8 Å². The number of anilines is 1. The Balaban J connectivity index is 1.93. The fraction of sp³-hybridized carbons (Fsp3) is 0.500. The van der Waals surface area contributed by atoms with E-state index in [9.17, 15) is 9.59 Å². The van der Waals surface area contributed by atoms with Gasteiger partial charge in [0.25, 0.3) is 0 Å². The minimum atomic E-state index is -1.93. The van der Waals surface area contributed by atoms with Gasteiger partial charge in [-0.1, -0.05) is 57.7 Å². The molecule has 1 aromatic heterocycles. The van der Waals surface area contributed by atoms with Crippen molar-refractivity contribution in [1.29, 1.82) is 0 Å². The summed E-state index contributed by atoms with van der Waals surface area (Å²) >= 11 is 39.4. The number of halogens is 6.